The lowest BCUT2D eigenvalue weighted by atomic mass is 10.0. The largest absolute Gasteiger partial charge is 0.349 e. The highest BCUT2D eigenvalue weighted by Crippen LogP contribution is 2.25. The van der Waals surface area contributed by atoms with Gasteiger partial charge in [0.25, 0.3) is 5.91 Å². The van der Waals surface area contributed by atoms with Crippen molar-refractivity contribution in [3.8, 4) is 0 Å². The predicted octanol–water partition coefficient (Wildman–Crippen LogP) is 1.65. The Morgan fingerprint density at radius 1 is 1.11 bits per heavy atom. The Kier molecular flexibility index (Phi) is 9.98. The van der Waals surface area contributed by atoms with Crippen LogP contribution in [0.25, 0.3) is 0 Å². The molecule has 1 saturated heterocycles. The van der Waals surface area contributed by atoms with Crippen LogP contribution in [0.4, 0.5) is 13.2 Å². The van der Waals surface area contributed by atoms with Crippen molar-refractivity contribution in [1.82, 2.24) is 10.2 Å². The number of amides is 2. The smallest absolute Gasteiger partial charge is 0.253 e. The molecule has 0 aromatic heterocycles. The average molecular weight is 553 g/mol. The first kappa shape index (κ1) is 28.9. The Bertz CT molecular complexity index is 1190. The van der Waals surface area contributed by atoms with Gasteiger partial charge in [-0.2, -0.15) is 0 Å². The Hall–Kier alpha value is -2.32. The monoisotopic (exact) mass is 552 g/mol. The highest BCUT2D eigenvalue weighted by molar-refractivity contribution is 8.00. The fourth-order valence-corrected chi connectivity index (χ4v) is 5.11. The number of thioether (sulfide) groups is 1. The van der Waals surface area contributed by atoms with Gasteiger partial charge in [0.05, 0.1) is 4.90 Å². The van der Waals surface area contributed by atoms with Crippen molar-refractivity contribution in [2.24, 2.45) is 10.9 Å². The summed E-state index contributed by atoms with van der Waals surface area (Å²) in [5, 5.41) is 6.97. The highest BCUT2D eigenvalue weighted by Gasteiger charge is 2.35. The third kappa shape index (κ3) is 7.58. The first-order chi connectivity index (χ1) is 16.0. The van der Waals surface area contributed by atoms with Gasteiger partial charge in [-0.1, -0.05) is 12.1 Å². The molecule has 1 unspecified atom stereocenters. The molecule has 2 aromatic carbocycles. The fraction of sp³-hybridized carbons (Fsp3) is 0.333. The van der Waals surface area contributed by atoms with E-state index in [1.54, 1.807) is 0 Å². The molecule has 0 radical (unpaired) electrons. The van der Waals surface area contributed by atoms with Crippen LogP contribution in [0.2, 0.25) is 0 Å². The molecular formula is C21H24ClF3N4O4S2. The number of sulfonamides is 1. The minimum absolute atomic E-state index is 0. The predicted molar refractivity (Wildman–Crippen MR) is 127 cm³/mol. The van der Waals surface area contributed by atoms with Gasteiger partial charge in [-0.05, 0) is 35.7 Å². The van der Waals surface area contributed by atoms with Crippen LogP contribution < -0.4 is 16.2 Å². The summed E-state index contributed by atoms with van der Waals surface area (Å²) in [6.45, 7) is 0.425. The molecule has 14 heteroatoms. The quantitative estimate of drug-likeness (QED) is 0.426. The molecule has 0 saturated carbocycles. The average Bonchev–Trinajstić information content (AvgIpc) is 3.26. The number of rotatable bonds is 8. The Morgan fingerprint density at radius 3 is 2.37 bits per heavy atom. The van der Waals surface area contributed by atoms with Gasteiger partial charge in [0, 0.05) is 37.4 Å². The van der Waals surface area contributed by atoms with Gasteiger partial charge in [-0.15, -0.1) is 24.2 Å². The van der Waals surface area contributed by atoms with Crippen molar-refractivity contribution >= 4 is 46.0 Å². The molecule has 1 aliphatic heterocycles. The van der Waals surface area contributed by atoms with E-state index in [0.29, 0.717) is 30.0 Å². The van der Waals surface area contributed by atoms with Gasteiger partial charge < -0.3 is 16.0 Å². The molecule has 1 aliphatic rings. The summed E-state index contributed by atoms with van der Waals surface area (Å²) < 4.78 is 63.0. The number of nitrogens with zero attached hydrogens (tertiary/aromatic N) is 1. The maximum absolute atomic E-state index is 13.9. The van der Waals surface area contributed by atoms with E-state index in [2.05, 4.69) is 5.32 Å². The number of carbonyl (C=O) groups is 2. The van der Waals surface area contributed by atoms with Crippen molar-refractivity contribution in [1.29, 1.82) is 0 Å². The van der Waals surface area contributed by atoms with Crippen LogP contribution in [0, 0.1) is 17.5 Å². The zero-order valence-corrected chi connectivity index (χ0v) is 20.7. The number of hydrogen-bond donors (Lipinski definition) is 3. The number of nitrogens with one attached hydrogen (secondary N) is 1. The van der Waals surface area contributed by atoms with Crippen molar-refractivity contribution < 1.29 is 31.2 Å². The maximum Gasteiger partial charge on any atom is 0.253 e. The summed E-state index contributed by atoms with van der Waals surface area (Å²) in [6, 6.07) is 5.97. The van der Waals surface area contributed by atoms with E-state index in [0.717, 1.165) is 0 Å². The van der Waals surface area contributed by atoms with Crippen LogP contribution in [-0.4, -0.2) is 48.8 Å². The Morgan fingerprint density at radius 2 is 1.74 bits per heavy atom. The fourth-order valence-electron chi connectivity index (χ4n) is 3.43. The summed E-state index contributed by atoms with van der Waals surface area (Å²) in [5.41, 5.74) is 6.44. The zero-order valence-electron chi connectivity index (χ0n) is 18.2. The first-order valence-corrected chi connectivity index (χ1v) is 12.7. The van der Waals surface area contributed by atoms with E-state index in [-0.39, 0.29) is 42.3 Å². The van der Waals surface area contributed by atoms with Gasteiger partial charge in [0.2, 0.25) is 15.9 Å². The molecule has 0 bridgehead atoms. The van der Waals surface area contributed by atoms with Crippen molar-refractivity contribution in [3.63, 3.8) is 0 Å². The second-order valence-corrected chi connectivity index (χ2v) is 10.5. The highest BCUT2D eigenvalue weighted by atomic mass is 35.5. The van der Waals surface area contributed by atoms with E-state index in [1.807, 2.05) is 0 Å². The van der Waals surface area contributed by atoms with Gasteiger partial charge in [0.1, 0.15) is 5.82 Å². The third-order valence-electron chi connectivity index (χ3n) is 5.16. The van der Waals surface area contributed by atoms with Gasteiger partial charge in [0.15, 0.2) is 17.0 Å². The van der Waals surface area contributed by atoms with Crippen LogP contribution in [0.5, 0.6) is 0 Å². The van der Waals surface area contributed by atoms with Gasteiger partial charge in [-0.3, -0.25) is 9.59 Å². The normalized spacial score (nSPS) is 16.5. The van der Waals surface area contributed by atoms with Crippen molar-refractivity contribution in [2.45, 2.75) is 35.7 Å². The SMILES string of the molecule is Cl.N[C@@H](CC(=O)N1CCSC1C(=O)NCc1ccc(S(N)(=O)=O)cc1)Cc1cc(F)c(F)cc1F. The molecule has 0 spiro atoms. The summed E-state index contributed by atoms with van der Waals surface area (Å²) in [5.74, 6) is -3.77. The van der Waals surface area contributed by atoms with Crippen LogP contribution in [0.15, 0.2) is 41.3 Å². The van der Waals surface area contributed by atoms with E-state index >= 15 is 0 Å². The molecule has 35 heavy (non-hydrogen) atoms. The topological polar surface area (TPSA) is 136 Å². The molecule has 3 rings (SSSR count). The molecule has 1 fully saturated rings. The van der Waals surface area contributed by atoms with Crippen LogP contribution in [0.3, 0.4) is 0 Å². The second kappa shape index (κ2) is 12.1. The molecule has 192 valence electrons. The van der Waals surface area contributed by atoms with Crippen molar-refractivity contribution in [2.75, 3.05) is 12.3 Å². The number of halogens is 4. The van der Waals surface area contributed by atoms with Gasteiger partial charge in [-0.25, -0.2) is 26.7 Å². The number of benzene rings is 2. The molecule has 1 heterocycles. The number of primary sulfonamides is 1. The Balaban J connectivity index is 0.00000432. The second-order valence-electron chi connectivity index (χ2n) is 7.74. The molecule has 2 atom stereocenters. The number of carbonyl (C=O) groups excluding carboxylic acids is 2. The summed E-state index contributed by atoms with van der Waals surface area (Å²) in [7, 11) is -3.82. The summed E-state index contributed by atoms with van der Waals surface area (Å²) in [6.07, 6.45) is -0.390. The number of nitrogens with two attached hydrogens (primary N) is 2. The summed E-state index contributed by atoms with van der Waals surface area (Å²) in [4.78, 5) is 26.7. The van der Waals surface area contributed by atoms with E-state index in [4.69, 9.17) is 10.9 Å². The van der Waals surface area contributed by atoms with Crippen LogP contribution in [0.1, 0.15) is 17.5 Å². The molecule has 0 aliphatic carbocycles. The zero-order chi connectivity index (χ0) is 25.0. The minimum atomic E-state index is -3.82. The first-order valence-electron chi connectivity index (χ1n) is 10.1. The maximum atomic E-state index is 13.9. The van der Waals surface area contributed by atoms with E-state index in [9.17, 15) is 31.2 Å². The van der Waals surface area contributed by atoms with Crippen LogP contribution >= 0.6 is 24.2 Å². The molecule has 5 N–H and O–H groups in total. The van der Waals surface area contributed by atoms with Gasteiger partial charge >= 0.3 is 0 Å². The standard InChI is InChI=1S/C21H23F3N4O4S2.ClH/c22-16-10-18(24)17(23)8-13(16)7-14(25)9-19(29)28-5-6-33-21(28)20(30)27-11-12-1-3-15(4-2-12)34(26,31)32;/h1-4,8,10,14,21H,5-7,9,11,25H2,(H,27,30)(H2,26,31,32);1H/t14-,21?;/m1./s1. The summed E-state index contributed by atoms with van der Waals surface area (Å²) >= 11 is 1.27. The van der Waals surface area contributed by atoms with Crippen molar-refractivity contribution in [3.05, 3.63) is 65.0 Å². The van der Waals surface area contributed by atoms with E-state index < -0.39 is 50.7 Å². The van der Waals surface area contributed by atoms with E-state index in [1.165, 1.54) is 40.9 Å². The molecule has 8 nitrogen and oxygen atoms in total. The number of hydrogen-bond acceptors (Lipinski definition) is 6. The molecule has 2 amide bonds. The molecule has 2 aromatic rings. The molecular weight excluding hydrogens is 529 g/mol. The lowest BCUT2D eigenvalue weighted by Crippen LogP contribution is -2.46. The Labute approximate surface area is 211 Å². The lowest BCUT2D eigenvalue weighted by Gasteiger charge is -2.24. The van der Waals surface area contributed by atoms with Crippen LogP contribution in [-0.2, 0) is 32.6 Å². The minimum Gasteiger partial charge on any atom is -0.349 e. The third-order valence-corrected chi connectivity index (χ3v) is 7.29. The lowest BCUT2D eigenvalue weighted by molar-refractivity contribution is -0.136.